The maximum absolute atomic E-state index is 10.3. The van der Waals surface area contributed by atoms with E-state index in [-0.39, 0.29) is 6.67 Å². The number of primary amides is 1. The van der Waals surface area contributed by atoms with Gasteiger partial charge in [0.2, 0.25) is 0 Å². The Bertz CT molecular complexity index is 180. The fraction of sp³-hybridized carbons (Fsp3) is 0.833. The van der Waals surface area contributed by atoms with E-state index in [4.69, 9.17) is 11.2 Å². The first-order valence-electron chi connectivity index (χ1n) is 4.42. The van der Waals surface area contributed by atoms with Crippen LogP contribution in [0.3, 0.4) is 0 Å². The van der Waals surface area contributed by atoms with E-state index in [0.29, 0.717) is 0 Å². The summed E-state index contributed by atoms with van der Waals surface area (Å²) >= 11 is 4.24. The van der Waals surface area contributed by atoms with Crippen molar-refractivity contribution in [3.05, 3.63) is 0 Å². The molecular formula is C6H19N5OPS+. The Morgan fingerprint density at radius 2 is 2.14 bits per heavy atom. The molecule has 0 bridgehead atoms. The predicted molar refractivity (Wildman–Crippen MR) is 63.7 cm³/mol. The standard InChI is InChI=1S/C6H18N5OPS/c1-2-3-4-10-13(8,14)11-5-9-6(7)12/h10-11,14H,2-5,8H2,1H3,(H2-,7,9,12)/p+1. The lowest BCUT2D eigenvalue weighted by atomic mass is 10.3. The molecule has 1 atom stereocenters. The van der Waals surface area contributed by atoms with Gasteiger partial charge >= 0.3 is 6.03 Å². The smallest absolute Gasteiger partial charge is 0.313 e. The van der Waals surface area contributed by atoms with Gasteiger partial charge in [-0.15, -0.1) is 5.09 Å². The average Bonchev–Trinajstić information content (AvgIpc) is 2.03. The molecule has 0 spiro atoms. The zero-order chi connectivity index (χ0) is 11.0. The molecular weight excluding hydrogens is 221 g/mol. The molecule has 0 fully saturated rings. The molecule has 0 rings (SSSR count). The van der Waals surface area contributed by atoms with Crippen molar-refractivity contribution in [3.63, 3.8) is 0 Å². The van der Waals surface area contributed by atoms with Crippen molar-refractivity contribution in [2.45, 2.75) is 19.8 Å². The molecule has 0 saturated carbocycles. The van der Waals surface area contributed by atoms with Crippen molar-refractivity contribution >= 4 is 25.2 Å². The Labute approximate surface area is 90.2 Å². The van der Waals surface area contributed by atoms with Crippen molar-refractivity contribution in [3.8, 4) is 0 Å². The monoisotopic (exact) mass is 240 g/mol. The van der Waals surface area contributed by atoms with Crippen LogP contribution in [0.1, 0.15) is 19.8 Å². The van der Waals surface area contributed by atoms with E-state index in [1.165, 1.54) is 0 Å². The number of carbonyl (C=O) groups excluding carboxylic acids is 1. The van der Waals surface area contributed by atoms with E-state index in [1.807, 2.05) is 0 Å². The van der Waals surface area contributed by atoms with Gasteiger partial charge < -0.3 is 11.1 Å². The Morgan fingerprint density at radius 1 is 1.50 bits per heavy atom. The van der Waals surface area contributed by atoms with Crippen molar-refractivity contribution in [1.29, 1.82) is 0 Å². The summed E-state index contributed by atoms with van der Waals surface area (Å²) < 4.78 is 0. The summed E-state index contributed by atoms with van der Waals surface area (Å²) in [4.78, 5) is 10.3. The molecule has 0 saturated heterocycles. The Hall–Kier alpha value is -0.0700. The van der Waals surface area contributed by atoms with Gasteiger partial charge in [-0.25, -0.2) is 4.79 Å². The van der Waals surface area contributed by atoms with E-state index in [2.05, 4.69) is 34.7 Å². The molecule has 0 aromatic carbocycles. The molecule has 0 heterocycles. The van der Waals surface area contributed by atoms with Gasteiger partial charge in [-0.2, -0.15) is 10.6 Å². The number of hydrogen-bond acceptors (Lipinski definition) is 5. The number of hydrogen-bond donors (Lipinski definition) is 6. The number of nitrogens with one attached hydrogen (secondary N) is 3. The van der Waals surface area contributed by atoms with E-state index in [0.717, 1.165) is 19.4 Å². The molecule has 0 radical (unpaired) electrons. The summed E-state index contributed by atoms with van der Waals surface area (Å²) in [6.45, 7) is 1.03. The van der Waals surface area contributed by atoms with Crippen LogP contribution in [0.2, 0.25) is 0 Å². The molecule has 0 aliphatic heterocycles. The minimum absolute atomic E-state index is 0.224. The predicted octanol–water partition coefficient (Wildman–Crippen LogP) is 0.158. The first-order valence-corrected chi connectivity index (χ1v) is 7.43. The van der Waals surface area contributed by atoms with Crippen molar-refractivity contribution < 1.29 is 4.79 Å². The number of rotatable bonds is 7. The molecule has 14 heavy (non-hydrogen) atoms. The highest BCUT2D eigenvalue weighted by Gasteiger charge is 2.27. The molecule has 84 valence electrons. The fourth-order valence-electron chi connectivity index (χ4n) is 0.729. The minimum atomic E-state index is -2.10. The number of carbonyl (C=O) groups is 1. The minimum Gasteiger partial charge on any atom is -0.352 e. The second-order valence-corrected chi connectivity index (χ2v) is 6.72. The van der Waals surface area contributed by atoms with Gasteiger partial charge in [-0.3, -0.25) is 0 Å². The third kappa shape index (κ3) is 8.52. The Balaban J connectivity index is 3.55. The average molecular weight is 240 g/mol. The van der Waals surface area contributed by atoms with Crippen LogP contribution in [-0.4, -0.2) is 19.2 Å². The molecule has 0 aromatic heterocycles. The van der Waals surface area contributed by atoms with Crippen LogP contribution in [0.15, 0.2) is 0 Å². The topological polar surface area (TPSA) is 105 Å². The summed E-state index contributed by atoms with van der Waals surface area (Å²) in [5.41, 5.74) is 10.7. The largest absolute Gasteiger partial charge is 0.352 e. The number of thiol groups is 1. The molecule has 8 heteroatoms. The van der Waals surface area contributed by atoms with E-state index >= 15 is 0 Å². The van der Waals surface area contributed by atoms with Crippen molar-refractivity contribution in [2.24, 2.45) is 11.2 Å². The fourth-order valence-corrected chi connectivity index (χ4v) is 2.17. The first kappa shape index (κ1) is 13.9. The van der Waals surface area contributed by atoms with Gasteiger partial charge in [0, 0.05) is 6.54 Å². The zero-order valence-electron chi connectivity index (χ0n) is 8.29. The summed E-state index contributed by atoms with van der Waals surface area (Å²) in [6, 6.07) is -0.584. The third-order valence-corrected chi connectivity index (χ3v) is 3.66. The maximum Gasteiger partial charge on any atom is 0.313 e. The Kier molecular flexibility index (Phi) is 7.22. The van der Waals surface area contributed by atoms with Crippen LogP contribution < -0.4 is 26.7 Å². The lowest BCUT2D eigenvalue weighted by molar-refractivity contribution is 0.249. The highest BCUT2D eigenvalue weighted by molar-refractivity contribution is 8.50. The lowest BCUT2D eigenvalue weighted by Gasteiger charge is -2.16. The van der Waals surface area contributed by atoms with Gasteiger partial charge in [0.1, 0.15) is 6.67 Å². The van der Waals surface area contributed by atoms with Crippen LogP contribution >= 0.6 is 19.2 Å². The molecule has 0 aliphatic rings. The van der Waals surface area contributed by atoms with Crippen LogP contribution in [0.25, 0.3) is 0 Å². The summed E-state index contributed by atoms with van der Waals surface area (Å²) in [5, 5.41) is 8.34. The van der Waals surface area contributed by atoms with Crippen molar-refractivity contribution in [1.82, 2.24) is 15.5 Å². The molecule has 0 aliphatic carbocycles. The highest BCUT2D eigenvalue weighted by atomic mass is 32.7. The SMILES string of the molecule is CCCCN[P+](N)(S)NCNC(N)=O. The second kappa shape index (κ2) is 7.25. The second-order valence-electron chi connectivity index (χ2n) is 2.82. The lowest BCUT2D eigenvalue weighted by Crippen LogP contribution is -2.40. The highest BCUT2D eigenvalue weighted by Crippen LogP contribution is 2.45. The summed E-state index contributed by atoms with van der Waals surface area (Å²) in [6.07, 6.45) is 2.14. The molecule has 2 amide bonds. The van der Waals surface area contributed by atoms with Gasteiger partial charge in [0.15, 0.2) is 0 Å². The summed E-state index contributed by atoms with van der Waals surface area (Å²) in [5.74, 6) is 0. The van der Waals surface area contributed by atoms with Crippen LogP contribution in [0.4, 0.5) is 4.79 Å². The van der Waals surface area contributed by atoms with Gasteiger partial charge in [0.25, 0.3) is 6.92 Å². The molecule has 1 unspecified atom stereocenters. The van der Waals surface area contributed by atoms with Gasteiger partial charge in [-0.1, -0.05) is 13.3 Å². The maximum atomic E-state index is 10.3. The normalized spacial score (nSPS) is 14.8. The van der Waals surface area contributed by atoms with E-state index in [9.17, 15) is 4.79 Å². The quantitative estimate of drug-likeness (QED) is 0.165. The Morgan fingerprint density at radius 3 is 2.64 bits per heavy atom. The van der Waals surface area contributed by atoms with Crippen LogP contribution in [0.5, 0.6) is 0 Å². The third-order valence-electron chi connectivity index (χ3n) is 1.47. The first-order chi connectivity index (χ1) is 6.48. The molecule has 6 nitrogen and oxygen atoms in total. The van der Waals surface area contributed by atoms with Gasteiger partial charge in [0.05, 0.1) is 12.2 Å². The number of unbranched alkanes of at least 4 members (excludes halogenated alkanes) is 1. The molecule has 7 N–H and O–H groups in total. The van der Waals surface area contributed by atoms with E-state index in [1.54, 1.807) is 0 Å². The van der Waals surface area contributed by atoms with Crippen molar-refractivity contribution in [2.75, 3.05) is 13.2 Å². The number of nitrogens with two attached hydrogens (primary N) is 2. The van der Waals surface area contributed by atoms with Gasteiger partial charge in [-0.05, 0) is 6.42 Å². The summed E-state index contributed by atoms with van der Waals surface area (Å²) in [7, 11) is 0. The van der Waals surface area contributed by atoms with Crippen LogP contribution in [-0.2, 0) is 0 Å². The number of urea groups is 1. The number of amides is 2. The van der Waals surface area contributed by atoms with Crippen LogP contribution in [0, 0.1) is 0 Å². The molecule has 0 aromatic rings. The zero-order valence-corrected chi connectivity index (χ0v) is 10.1. The van der Waals surface area contributed by atoms with E-state index < -0.39 is 12.9 Å².